The SMILES string of the molecule is CC(=O)CC(=O)C1C(C)C2(C)CC1(C)C1C(=O)N(C)C(=O)C12. The second kappa shape index (κ2) is 4.27. The van der Waals surface area contributed by atoms with Gasteiger partial charge in [-0.25, -0.2) is 0 Å². The maximum atomic E-state index is 12.6. The summed E-state index contributed by atoms with van der Waals surface area (Å²) < 4.78 is 0. The van der Waals surface area contributed by atoms with E-state index in [4.69, 9.17) is 0 Å². The van der Waals surface area contributed by atoms with Crippen LogP contribution in [0.3, 0.4) is 0 Å². The van der Waals surface area contributed by atoms with Crippen LogP contribution >= 0.6 is 0 Å². The van der Waals surface area contributed by atoms with E-state index in [0.29, 0.717) is 6.42 Å². The normalized spacial score (nSPS) is 46.3. The van der Waals surface area contributed by atoms with Crippen molar-refractivity contribution in [1.82, 2.24) is 4.90 Å². The van der Waals surface area contributed by atoms with Crippen LogP contribution in [0.25, 0.3) is 0 Å². The molecule has 2 aliphatic carbocycles. The number of nitrogens with zero attached hydrogens (tertiary/aromatic N) is 1. The monoisotopic (exact) mass is 305 g/mol. The number of Topliss-reactive ketones (excluding diaryl/α,β-unsaturated/α-hetero) is 2. The lowest BCUT2D eigenvalue weighted by molar-refractivity contribution is -0.141. The maximum absolute atomic E-state index is 12.6. The smallest absolute Gasteiger partial charge is 0.233 e. The van der Waals surface area contributed by atoms with Crippen LogP contribution in [0.1, 0.15) is 40.5 Å². The fourth-order valence-electron chi connectivity index (χ4n) is 5.88. The second-order valence-electron chi connectivity index (χ2n) is 7.99. The predicted molar refractivity (Wildman–Crippen MR) is 78.5 cm³/mol. The fourth-order valence-corrected chi connectivity index (χ4v) is 5.88. The van der Waals surface area contributed by atoms with Crippen molar-refractivity contribution < 1.29 is 19.2 Å². The fraction of sp³-hybridized carbons (Fsp3) is 0.765. The molecular formula is C17H23NO4. The number of fused-ring (bicyclic) bond motifs is 5. The van der Waals surface area contributed by atoms with Gasteiger partial charge < -0.3 is 0 Å². The Kier molecular flexibility index (Phi) is 2.98. The highest BCUT2D eigenvalue weighted by molar-refractivity contribution is 6.08. The maximum Gasteiger partial charge on any atom is 0.233 e. The van der Waals surface area contributed by atoms with Crippen molar-refractivity contribution in [3.05, 3.63) is 0 Å². The number of hydrogen-bond acceptors (Lipinski definition) is 4. The molecule has 1 saturated heterocycles. The first-order valence-corrected chi connectivity index (χ1v) is 7.89. The zero-order chi connectivity index (χ0) is 16.6. The van der Waals surface area contributed by atoms with E-state index in [1.54, 1.807) is 0 Å². The molecule has 0 aromatic heterocycles. The average Bonchev–Trinajstić information content (AvgIpc) is 2.85. The summed E-state index contributed by atoms with van der Waals surface area (Å²) in [6.07, 6.45) is 0.631. The molecule has 2 amide bonds. The van der Waals surface area contributed by atoms with Crippen LogP contribution in [0, 0.1) is 34.5 Å². The summed E-state index contributed by atoms with van der Waals surface area (Å²) >= 11 is 0. The van der Waals surface area contributed by atoms with Crippen LogP contribution in [0.5, 0.6) is 0 Å². The summed E-state index contributed by atoms with van der Waals surface area (Å²) in [5.74, 6) is -1.51. The van der Waals surface area contributed by atoms with Crippen molar-refractivity contribution in [2.45, 2.75) is 40.5 Å². The Morgan fingerprint density at radius 1 is 1.14 bits per heavy atom. The summed E-state index contributed by atoms with van der Waals surface area (Å²) in [5.41, 5.74) is -0.850. The zero-order valence-corrected chi connectivity index (χ0v) is 13.8. The number of hydrogen-bond donors (Lipinski definition) is 0. The minimum atomic E-state index is -0.511. The highest BCUT2D eigenvalue weighted by Gasteiger charge is 2.76. The average molecular weight is 305 g/mol. The first kappa shape index (κ1) is 15.4. The lowest BCUT2D eigenvalue weighted by Gasteiger charge is -2.43. The quantitative estimate of drug-likeness (QED) is 0.584. The van der Waals surface area contributed by atoms with E-state index in [-0.39, 0.29) is 53.0 Å². The Morgan fingerprint density at radius 2 is 1.64 bits per heavy atom. The van der Waals surface area contributed by atoms with Gasteiger partial charge in [0.2, 0.25) is 11.8 Å². The van der Waals surface area contributed by atoms with Crippen molar-refractivity contribution in [3.63, 3.8) is 0 Å². The number of ketones is 2. The highest BCUT2D eigenvalue weighted by Crippen LogP contribution is 2.73. The molecule has 3 fully saturated rings. The van der Waals surface area contributed by atoms with E-state index in [1.165, 1.54) is 18.9 Å². The third kappa shape index (κ3) is 1.54. The molecule has 0 N–H and O–H groups in total. The molecule has 22 heavy (non-hydrogen) atoms. The van der Waals surface area contributed by atoms with E-state index in [1.807, 2.05) is 20.8 Å². The molecule has 0 spiro atoms. The second-order valence-corrected chi connectivity index (χ2v) is 7.99. The van der Waals surface area contributed by atoms with Crippen LogP contribution in [0.15, 0.2) is 0 Å². The van der Waals surface area contributed by atoms with Crippen LogP contribution in [-0.2, 0) is 19.2 Å². The van der Waals surface area contributed by atoms with Gasteiger partial charge in [-0.2, -0.15) is 0 Å². The molecule has 0 aromatic rings. The largest absolute Gasteiger partial charge is 0.300 e. The van der Waals surface area contributed by atoms with Gasteiger partial charge in [0, 0.05) is 13.0 Å². The van der Waals surface area contributed by atoms with Gasteiger partial charge in [-0.3, -0.25) is 24.1 Å². The molecule has 5 heteroatoms. The van der Waals surface area contributed by atoms with Gasteiger partial charge in [0.25, 0.3) is 0 Å². The van der Waals surface area contributed by atoms with Gasteiger partial charge in [0.15, 0.2) is 0 Å². The van der Waals surface area contributed by atoms with E-state index >= 15 is 0 Å². The van der Waals surface area contributed by atoms with Crippen LogP contribution in [-0.4, -0.2) is 35.3 Å². The summed E-state index contributed by atoms with van der Waals surface area (Å²) in [6, 6.07) is 0. The van der Waals surface area contributed by atoms with Crippen LogP contribution in [0.4, 0.5) is 0 Å². The lowest BCUT2D eigenvalue weighted by atomic mass is 9.57. The summed E-state index contributed by atoms with van der Waals surface area (Å²) in [4.78, 5) is 50.3. The van der Waals surface area contributed by atoms with Gasteiger partial charge in [0.1, 0.15) is 11.6 Å². The highest BCUT2D eigenvalue weighted by atomic mass is 16.2. The number of rotatable bonds is 3. The van der Waals surface area contributed by atoms with Crippen molar-refractivity contribution >= 4 is 23.4 Å². The molecular weight excluding hydrogens is 282 g/mol. The Hall–Kier alpha value is -1.52. The summed E-state index contributed by atoms with van der Waals surface area (Å²) in [5, 5.41) is 0. The third-order valence-corrected chi connectivity index (χ3v) is 6.73. The third-order valence-electron chi connectivity index (χ3n) is 6.73. The number of imide groups is 1. The molecule has 3 aliphatic rings. The van der Waals surface area contributed by atoms with Crippen molar-refractivity contribution in [2.24, 2.45) is 34.5 Å². The molecule has 5 nitrogen and oxygen atoms in total. The molecule has 1 heterocycles. The van der Waals surface area contributed by atoms with Gasteiger partial charge in [0.05, 0.1) is 18.3 Å². The predicted octanol–water partition coefficient (Wildman–Crippen LogP) is 1.45. The van der Waals surface area contributed by atoms with Crippen molar-refractivity contribution in [2.75, 3.05) is 7.05 Å². The Bertz CT molecular complexity index is 612. The number of likely N-dealkylation sites (tertiary alicyclic amines) is 1. The van der Waals surface area contributed by atoms with Crippen molar-refractivity contribution in [1.29, 1.82) is 0 Å². The molecule has 6 unspecified atom stereocenters. The number of carbonyl (C=O) groups is 4. The summed E-state index contributed by atoms with van der Waals surface area (Å²) in [6.45, 7) is 7.42. The Labute approximate surface area is 130 Å². The molecule has 2 saturated carbocycles. The molecule has 120 valence electrons. The first-order valence-electron chi connectivity index (χ1n) is 7.89. The minimum Gasteiger partial charge on any atom is -0.300 e. The first-order chi connectivity index (χ1) is 10.1. The van der Waals surface area contributed by atoms with E-state index < -0.39 is 11.3 Å². The minimum absolute atomic E-state index is 0.00819. The number of amides is 2. The lowest BCUT2D eigenvalue weighted by Crippen LogP contribution is -2.48. The summed E-state index contributed by atoms with van der Waals surface area (Å²) in [7, 11) is 1.53. The topological polar surface area (TPSA) is 71.5 Å². The van der Waals surface area contributed by atoms with Crippen molar-refractivity contribution in [3.8, 4) is 0 Å². The van der Waals surface area contributed by atoms with Gasteiger partial charge in [-0.05, 0) is 30.1 Å². The Morgan fingerprint density at radius 3 is 2.14 bits per heavy atom. The molecule has 6 atom stereocenters. The zero-order valence-electron chi connectivity index (χ0n) is 13.8. The van der Waals surface area contributed by atoms with E-state index in [0.717, 1.165) is 0 Å². The van der Waals surface area contributed by atoms with Crippen LogP contribution in [0.2, 0.25) is 0 Å². The molecule has 0 radical (unpaired) electrons. The molecule has 3 rings (SSSR count). The van der Waals surface area contributed by atoms with Gasteiger partial charge >= 0.3 is 0 Å². The number of carbonyl (C=O) groups excluding carboxylic acids is 4. The van der Waals surface area contributed by atoms with Gasteiger partial charge in [-0.15, -0.1) is 0 Å². The van der Waals surface area contributed by atoms with E-state index in [9.17, 15) is 19.2 Å². The molecule has 1 aliphatic heterocycles. The van der Waals surface area contributed by atoms with Crippen LogP contribution < -0.4 is 0 Å². The standard InChI is InChI=1S/C17H23NO4/c1-8(19)6-10(20)11-9(2)16(3)7-17(11,4)13-12(16)14(21)18(5)15(13)22/h9,11-13H,6-7H2,1-5H3. The molecule has 0 aromatic carbocycles. The van der Waals surface area contributed by atoms with Gasteiger partial charge in [-0.1, -0.05) is 20.8 Å². The Balaban J connectivity index is 2.07. The van der Waals surface area contributed by atoms with E-state index in [2.05, 4.69) is 0 Å². The molecule has 2 bridgehead atoms.